The standard InChI is InChI=1S/C12H22N4/c1-9(2)16-4-3-10(8-16)5-11-6-12(7-13)15-14-11/h6,9-10H,3-5,7-8,13H2,1-2H3,(H,14,15). The SMILES string of the molecule is CC(C)N1CCC(Cc2cc(CN)[nH]n2)C1. The van der Waals surface area contributed by atoms with E-state index in [0.717, 1.165) is 23.7 Å². The lowest BCUT2D eigenvalue weighted by Gasteiger charge is -2.19. The van der Waals surface area contributed by atoms with Gasteiger partial charge >= 0.3 is 0 Å². The quantitative estimate of drug-likeness (QED) is 0.803. The zero-order valence-corrected chi connectivity index (χ0v) is 10.2. The fourth-order valence-electron chi connectivity index (χ4n) is 2.41. The fourth-order valence-corrected chi connectivity index (χ4v) is 2.41. The van der Waals surface area contributed by atoms with Gasteiger partial charge in [0.1, 0.15) is 0 Å². The molecule has 1 aromatic rings. The van der Waals surface area contributed by atoms with Crippen LogP contribution in [0.2, 0.25) is 0 Å². The molecule has 0 amide bonds. The van der Waals surface area contributed by atoms with Crippen LogP contribution in [-0.4, -0.2) is 34.2 Å². The summed E-state index contributed by atoms with van der Waals surface area (Å²) in [5.74, 6) is 0.760. The molecule has 1 fully saturated rings. The van der Waals surface area contributed by atoms with Gasteiger partial charge in [0.05, 0.1) is 5.69 Å². The van der Waals surface area contributed by atoms with Crippen LogP contribution in [0.15, 0.2) is 6.07 Å². The Hall–Kier alpha value is -0.870. The maximum atomic E-state index is 5.55. The summed E-state index contributed by atoms with van der Waals surface area (Å²) in [7, 11) is 0. The lowest BCUT2D eigenvalue weighted by molar-refractivity contribution is 0.265. The van der Waals surface area contributed by atoms with E-state index >= 15 is 0 Å². The van der Waals surface area contributed by atoms with Gasteiger partial charge in [0.2, 0.25) is 0 Å². The molecule has 16 heavy (non-hydrogen) atoms. The Labute approximate surface area is 97.2 Å². The van der Waals surface area contributed by atoms with Crippen LogP contribution in [0.3, 0.4) is 0 Å². The number of hydrogen-bond acceptors (Lipinski definition) is 3. The smallest absolute Gasteiger partial charge is 0.0628 e. The lowest BCUT2D eigenvalue weighted by Crippen LogP contribution is -2.28. The van der Waals surface area contributed by atoms with Gasteiger partial charge in [-0.25, -0.2) is 0 Å². The second-order valence-electron chi connectivity index (χ2n) is 5.04. The van der Waals surface area contributed by atoms with E-state index in [-0.39, 0.29) is 0 Å². The van der Waals surface area contributed by atoms with Gasteiger partial charge in [-0.15, -0.1) is 0 Å². The van der Waals surface area contributed by atoms with E-state index in [1.165, 1.54) is 19.5 Å². The Morgan fingerprint density at radius 2 is 2.44 bits per heavy atom. The molecule has 4 heteroatoms. The van der Waals surface area contributed by atoms with E-state index in [1.807, 2.05) is 0 Å². The molecule has 0 aromatic carbocycles. The maximum Gasteiger partial charge on any atom is 0.0628 e. The number of H-pyrrole nitrogens is 1. The Bertz CT molecular complexity index is 332. The van der Waals surface area contributed by atoms with Crippen molar-refractivity contribution in [1.29, 1.82) is 0 Å². The first-order valence-corrected chi connectivity index (χ1v) is 6.16. The molecule has 0 spiro atoms. The van der Waals surface area contributed by atoms with E-state index in [9.17, 15) is 0 Å². The highest BCUT2D eigenvalue weighted by atomic mass is 15.2. The van der Waals surface area contributed by atoms with Crippen molar-refractivity contribution in [3.05, 3.63) is 17.5 Å². The van der Waals surface area contributed by atoms with Crippen molar-refractivity contribution < 1.29 is 0 Å². The number of likely N-dealkylation sites (tertiary alicyclic amines) is 1. The molecule has 1 aliphatic heterocycles. The molecule has 0 saturated carbocycles. The monoisotopic (exact) mass is 222 g/mol. The second kappa shape index (κ2) is 4.97. The largest absolute Gasteiger partial charge is 0.325 e. The van der Waals surface area contributed by atoms with Gasteiger partial charge in [-0.3, -0.25) is 5.10 Å². The van der Waals surface area contributed by atoms with Crippen LogP contribution in [0, 0.1) is 5.92 Å². The van der Waals surface area contributed by atoms with E-state index in [0.29, 0.717) is 12.6 Å². The van der Waals surface area contributed by atoms with Crippen LogP contribution in [0.25, 0.3) is 0 Å². The number of hydrogen-bond donors (Lipinski definition) is 2. The number of nitrogens with two attached hydrogens (primary N) is 1. The molecule has 2 rings (SSSR count). The third kappa shape index (κ3) is 2.62. The summed E-state index contributed by atoms with van der Waals surface area (Å²) in [6, 6.07) is 2.77. The molecule has 3 N–H and O–H groups in total. The highest BCUT2D eigenvalue weighted by Crippen LogP contribution is 2.21. The van der Waals surface area contributed by atoms with Gasteiger partial charge in [-0.2, -0.15) is 5.10 Å². The molecular weight excluding hydrogens is 200 g/mol. The van der Waals surface area contributed by atoms with E-state index < -0.39 is 0 Å². The molecule has 1 atom stereocenters. The minimum absolute atomic E-state index is 0.551. The molecular formula is C12H22N4. The van der Waals surface area contributed by atoms with Crippen LogP contribution < -0.4 is 5.73 Å². The van der Waals surface area contributed by atoms with E-state index in [4.69, 9.17) is 5.73 Å². The summed E-state index contributed by atoms with van der Waals surface area (Å²) in [5.41, 5.74) is 7.75. The number of rotatable bonds is 4. The molecule has 1 saturated heterocycles. The number of nitrogens with zero attached hydrogens (tertiary/aromatic N) is 2. The molecule has 0 bridgehead atoms. The highest BCUT2D eigenvalue weighted by molar-refractivity contribution is 5.09. The minimum atomic E-state index is 0.551. The van der Waals surface area contributed by atoms with Crippen molar-refractivity contribution in [2.24, 2.45) is 11.7 Å². The third-order valence-electron chi connectivity index (χ3n) is 3.45. The van der Waals surface area contributed by atoms with Gasteiger partial charge in [0.25, 0.3) is 0 Å². The number of nitrogens with one attached hydrogen (secondary N) is 1. The number of aromatic nitrogens is 2. The van der Waals surface area contributed by atoms with Crippen molar-refractivity contribution in [3.8, 4) is 0 Å². The van der Waals surface area contributed by atoms with Gasteiger partial charge in [-0.05, 0) is 45.2 Å². The van der Waals surface area contributed by atoms with Crippen LogP contribution in [0.5, 0.6) is 0 Å². The summed E-state index contributed by atoms with van der Waals surface area (Å²) in [6.45, 7) is 7.53. The van der Waals surface area contributed by atoms with Gasteiger partial charge in [0, 0.05) is 24.8 Å². The summed E-state index contributed by atoms with van der Waals surface area (Å²) >= 11 is 0. The zero-order valence-electron chi connectivity index (χ0n) is 10.2. The van der Waals surface area contributed by atoms with Crippen LogP contribution in [0.1, 0.15) is 31.7 Å². The maximum absolute atomic E-state index is 5.55. The summed E-state index contributed by atoms with van der Waals surface area (Å²) in [4.78, 5) is 2.54. The lowest BCUT2D eigenvalue weighted by atomic mass is 10.0. The normalized spacial score (nSPS) is 22.1. The summed E-state index contributed by atoms with van der Waals surface area (Å²) in [6.07, 6.45) is 2.38. The predicted octanol–water partition coefficient (Wildman–Crippen LogP) is 1.14. The molecule has 2 heterocycles. The Morgan fingerprint density at radius 3 is 3.00 bits per heavy atom. The topological polar surface area (TPSA) is 57.9 Å². The first-order chi connectivity index (χ1) is 7.69. The van der Waals surface area contributed by atoms with Crippen molar-refractivity contribution >= 4 is 0 Å². The average molecular weight is 222 g/mol. The Kier molecular flexibility index (Phi) is 3.61. The third-order valence-corrected chi connectivity index (χ3v) is 3.45. The molecule has 4 nitrogen and oxygen atoms in total. The Morgan fingerprint density at radius 1 is 1.62 bits per heavy atom. The molecule has 0 aliphatic carbocycles. The van der Waals surface area contributed by atoms with Crippen LogP contribution in [0.4, 0.5) is 0 Å². The fraction of sp³-hybridized carbons (Fsp3) is 0.750. The van der Waals surface area contributed by atoms with E-state index in [2.05, 4.69) is 35.0 Å². The van der Waals surface area contributed by atoms with Crippen molar-refractivity contribution in [1.82, 2.24) is 15.1 Å². The first-order valence-electron chi connectivity index (χ1n) is 6.16. The first kappa shape index (κ1) is 11.6. The van der Waals surface area contributed by atoms with Crippen LogP contribution >= 0.6 is 0 Å². The summed E-state index contributed by atoms with van der Waals surface area (Å²) in [5, 5.41) is 7.27. The molecule has 1 aromatic heterocycles. The molecule has 0 radical (unpaired) electrons. The van der Waals surface area contributed by atoms with Gasteiger partial charge in [0.15, 0.2) is 0 Å². The predicted molar refractivity (Wildman–Crippen MR) is 65.0 cm³/mol. The van der Waals surface area contributed by atoms with Crippen molar-refractivity contribution in [2.45, 2.75) is 39.3 Å². The number of aromatic amines is 1. The van der Waals surface area contributed by atoms with Crippen LogP contribution in [-0.2, 0) is 13.0 Å². The molecule has 90 valence electrons. The zero-order chi connectivity index (χ0) is 11.5. The van der Waals surface area contributed by atoms with Crippen molar-refractivity contribution in [2.75, 3.05) is 13.1 Å². The van der Waals surface area contributed by atoms with Gasteiger partial charge < -0.3 is 10.6 Å². The molecule has 1 unspecified atom stereocenters. The van der Waals surface area contributed by atoms with Crippen molar-refractivity contribution in [3.63, 3.8) is 0 Å². The highest BCUT2D eigenvalue weighted by Gasteiger charge is 2.24. The Balaban J connectivity index is 1.87. The van der Waals surface area contributed by atoms with E-state index in [1.54, 1.807) is 0 Å². The molecule has 1 aliphatic rings. The second-order valence-corrected chi connectivity index (χ2v) is 5.04. The average Bonchev–Trinajstić information content (AvgIpc) is 2.87. The van der Waals surface area contributed by atoms with Gasteiger partial charge in [-0.1, -0.05) is 0 Å². The summed E-state index contributed by atoms with van der Waals surface area (Å²) < 4.78 is 0. The minimum Gasteiger partial charge on any atom is -0.325 e.